The number of halogens is 1. The molecule has 0 aliphatic carbocycles. The molecule has 0 spiro atoms. The molecule has 0 bridgehead atoms. The van der Waals surface area contributed by atoms with Crippen LogP contribution < -0.4 is 5.32 Å². The SMILES string of the molecule is COCCSc1ccc(C(C)Nc2cccc(F)n2)cc1. The summed E-state index contributed by atoms with van der Waals surface area (Å²) in [6.07, 6.45) is 0. The molecule has 0 radical (unpaired) electrons. The van der Waals surface area contributed by atoms with Crippen molar-refractivity contribution in [1.82, 2.24) is 4.98 Å². The number of nitrogens with zero attached hydrogens (tertiary/aromatic N) is 1. The summed E-state index contributed by atoms with van der Waals surface area (Å²) in [6.45, 7) is 2.77. The Hall–Kier alpha value is -1.59. The number of thioether (sulfide) groups is 1. The molecular weight excluding hydrogens is 287 g/mol. The molecule has 1 atom stereocenters. The van der Waals surface area contributed by atoms with Gasteiger partial charge in [0.05, 0.1) is 6.61 Å². The van der Waals surface area contributed by atoms with Crippen LogP contribution in [-0.2, 0) is 4.74 Å². The van der Waals surface area contributed by atoms with Crippen molar-refractivity contribution in [3.05, 3.63) is 54.0 Å². The molecule has 2 rings (SSSR count). The highest BCUT2D eigenvalue weighted by Gasteiger charge is 2.06. The smallest absolute Gasteiger partial charge is 0.214 e. The average molecular weight is 306 g/mol. The largest absolute Gasteiger partial charge is 0.384 e. The fourth-order valence-corrected chi connectivity index (χ4v) is 2.70. The maximum atomic E-state index is 13.1. The van der Waals surface area contributed by atoms with Gasteiger partial charge in [-0.2, -0.15) is 4.39 Å². The van der Waals surface area contributed by atoms with E-state index >= 15 is 0 Å². The van der Waals surface area contributed by atoms with Gasteiger partial charge in [0, 0.05) is 23.8 Å². The quantitative estimate of drug-likeness (QED) is 0.474. The van der Waals surface area contributed by atoms with Crippen molar-refractivity contribution in [2.24, 2.45) is 0 Å². The van der Waals surface area contributed by atoms with Crippen molar-refractivity contribution in [1.29, 1.82) is 0 Å². The maximum Gasteiger partial charge on any atom is 0.214 e. The van der Waals surface area contributed by atoms with Gasteiger partial charge in [0.2, 0.25) is 5.95 Å². The lowest BCUT2D eigenvalue weighted by Crippen LogP contribution is -2.08. The zero-order valence-corrected chi connectivity index (χ0v) is 13.0. The third kappa shape index (κ3) is 5.02. The van der Waals surface area contributed by atoms with Gasteiger partial charge in [-0.25, -0.2) is 4.98 Å². The predicted octanol–water partition coefficient (Wildman–Crippen LogP) is 4.13. The molecule has 0 aliphatic rings. The highest BCUT2D eigenvalue weighted by molar-refractivity contribution is 7.99. The second kappa shape index (κ2) is 8.00. The molecule has 0 saturated carbocycles. The van der Waals surface area contributed by atoms with Crippen LogP contribution in [0.5, 0.6) is 0 Å². The summed E-state index contributed by atoms with van der Waals surface area (Å²) in [5.74, 6) is 1.01. The minimum atomic E-state index is -0.475. The first kappa shape index (κ1) is 15.8. The average Bonchev–Trinajstić information content (AvgIpc) is 2.48. The second-order valence-electron chi connectivity index (χ2n) is 4.62. The Kier molecular flexibility index (Phi) is 6.02. The van der Waals surface area contributed by atoms with Crippen LogP contribution in [0.2, 0.25) is 0 Å². The molecule has 1 unspecified atom stereocenters. The number of methoxy groups -OCH3 is 1. The maximum absolute atomic E-state index is 13.1. The third-order valence-electron chi connectivity index (χ3n) is 3.02. The zero-order chi connectivity index (χ0) is 15.1. The van der Waals surface area contributed by atoms with E-state index in [1.54, 1.807) is 31.0 Å². The number of anilines is 1. The summed E-state index contributed by atoms with van der Waals surface area (Å²) in [6, 6.07) is 13.1. The molecule has 0 amide bonds. The van der Waals surface area contributed by atoms with E-state index in [-0.39, 0.29) is 6.04 Å². The first-order chi connectivity index (χ1) is 10.2. The minimum absolute atomic E-state index is 0.0670. The number of benzene rings is 1. The number of rotatable bonds is 7. The zero-order valence-electron chi connectivity index (χ0n) is 12.2. The number of aromatic nitrogens is 1. The van der Waals surface area contributed by atoms with E-state index in [0.717, 1.165) is 17.9 Å². The lowest BCUT2D eigenvalue weighted by molar-refractivity contribution is 0.218. The first-order valence-corrected chi connectivity index (χ1v) is 7.78. The van der Waals surface area contributed by atoms with Gasteiger partial charge < -0.3 is 10.1 Å². The van der Waals surface area contributed by atoms with Crippen molar-refractivity contribution in [2.45, 2.75) is 17.9 Å². The highest BCUT2D eigenvalue weighted by Crippen LogP contribution is 2.22. The van der Waals surface area contributed by atoms with Gasteiger partial charge in [0.15, 0.2) is 0 Å². The Morgan fingerprint density at radius 1 is 1.24 bits per heavy atom. The van der Waals surface area contributed by atoms with E-state index in [1.165, 1.54) is 11.0 Å². The molecule has 112 valence electrons. The first-order valence-electron chi connectivity index (χ1n) is 6.80. The Bertz CT molecular complexity index is 562. The van der Waals surface area contributed by atoms with E-state index in [1.807, 2.05) is 6.92 Å². The Labute approximate surface area is 128 Å². The van der Waals surface area contributed by atoms with Crippen LogP contribution >= 0.6 is 11.8 Å². The molecule has 0 saturated heterocycles. The summed E-state index contributed by atoms with van der Waals surface area (Å²) in [4.78, 5) is 5.03. The number of hydrogen-bond donors (Lipinski definition) is 1. The number of ether oxygens (including phenoxy) is 1. The molecule has 1 heterocycles. The van der Waals surface area contributed by atoms with Crippen molar-refractivity contribution in [3.63, 3.8) is 0 Å². The van der Waals surface area contributed by atoms with Crippen LogP contribution in [0.15, 0.2) is 47.4 Å². The molecule has 5 heteroatoms. The fraction of sp³-hybridized carbons (Fsp3) is 0.312. The molecule has 1 aromatic carbocycles. The van der Waals surface area contributed by atoms with Crippen LogP contribution in [0.3, 0.4) is 0 Å². The summed E-state index contributed by atoms with van der Waals surface area (Å²) in [5, 5.41) is 3.19. The van der Waals surface area contributed by atoms with Gasteiger partial charge in [-0.3, -0.25) is 0 Å². The van der Waals surface area contributed by atoms with Crippen LogP contribution in [0.4, 0.5) is 10.2 Å². The van der Waals surface area contributed by atoms with Crippen LogP contribution in [0.1, 0.15) is 18.5 Å². The van der Waals surface area contributed by atoms with E-state index in [4.69, 9.17) is 4.74 Å². The molecule has 1 N–H and O–H groups in total. The van der Waals surface area contributed by atoms with Crippen molar-refractivity contribution >= 4 is 17.6 Å². The van der Waals surface area contributed by atoms with Crippen LogP contribution in [-0.4, -0.2) is 24.5 Å². The molecule has 21 heavy (non-hydrogen) atoms. The fourth-order valence-electron chi connectivity index (χ4n) is 1.89. The molecular formula is C16H19FN2OS. The van der Waals surface area contributed by atoms with Gasteiger partial charge in [-0.15, -0.1) is 11.8 Å². The van der Waals surface area contributed by atoms with Gasteiger partial charge in [-0.1, -0.05) is 18.2 Å². The molecule has 2 aromatic rings. The Balaban J connectivity index is 1.94. The molecule has 0 aliphatic heterocycles. The Morgan fingerprint density at radius 2 is 2.00 bits per heavy atom. The molecule has 1 aromatic heterocycles. The molecule has 3 nitrogen and oxygen atoms in total. The van der Waals surface area contributed by atoms with E-state index < -0.39 is 5.95 Å². The lowest BCUT2D eigenvalue weighted by atomic mass is 10.1. The summed E-state index contributed by atoms with van der Waals surface area (Å²) >= 11 is 1.76. The number of pyridine rings is 1. The van der Waals surface area contributed by atoms with Crippen LogP contribution in [0.25, 0.3) is 0 Å². The summed E-state index contributed by atoms with van der Waals surface area (Å²) in [7, 11) is 1.71. The normalized spacial score (nSPS) is 12.1. The predicted molar refractivity (Wildman–Crippen MR) is 85.3 cm³/mol. The van der Waals surface area contributed by atoms with Gasteiger partial charge in [0.25, 0.3) is 0 Å². The summed E-state index contributed by atoms with van der Waals surface area (Å²) in [5.41, 5.74) is 1.14. The van der Waals surface area contributed by atoms with Crippen molar-refractivity contribution in [3.8, 4) is 0 Å². The Morgan fingerprint density at radius 3 is 2.67 bits per heavy atom. The van der Waals surface area contributed by atoms with Crippen molar-refractivity contribution < 1.29 is 9.13 Å². The van der Waals surface area contributed by atoms with Gasteiger partial charge >= 0.3 is 0 Å². The lowest BCUT2D eigenvalue weighted by Gasteiger charge is -2.15. The van der Waals surface area contributed by atoms with Crippen molar-refractivity contribution in [2.75, 3.05) is 24.8 Å². The topological polar surface area (TPSA) is 34.1 Å². The van der Waals surface area contributed by atoms with Crippen LogP contribution in [0, 0.1) is 5.95 Å². The van der Waals surface area contributed by atoms with E-state index in [9.17, 15) is 4.39 Å². The highest BCUT2D eigenvalue weighted by atomic mass is 32.2. The standard InChI is InChI=1S/C16H19FN2OS/c1-12(18-16-5-3-4-15(17)19-16)13-6-8-14(9-7-13)21-11-10-20-2/h3-9,12H,10-11H2,1-2H3,(H,18,19). The molecule has 0 fully saturated rings. The number of nitrogens with one attached hydrogen (secondary N) is 1. The van der Waals surface area contributed by atoms with Gasteiger partial charge in [0.1, 0.15) is 5.82 Å². The number of hydrogen-bond acceptors (Lipinski definition) is 4. The minimum Gasteiger partial charge on any atom is -0.384 e. The monoisotopic (exact) mass is 306 g/mol. The van der Waals surface area contributed by atoms with E-state index in [0.29, 0.717) is 5.82 Å². The van der Waals surface area contributed by atoms with E-state index in [2.05, 4.69) is 34.6 Å². The summed E-state index contributed by atoms with van der Waals surface area (Å²) < 4.78 is 18.1. The third-order valence-corrected chi connectivity index (χ3v) is 3.99. The van der Waals surface area contributed by atoms with Gasteiger partial charge in [-0.05, 0) is 36.8 Å². The second-order valence-corrected chi connectivity index (χ2v) is 5.79.